The Morgan fingerprint density at radius 1 is 1.14 bits per heavy atom. The lowest BCUT2D eigenvalue weighted by Gasteiger charge is -2.22. The number of hydrogen-bond acceptors (Lipinski definition) is 4. The van der Waals surface area contributed by atoms with Crippen molar-refractivity contribution in [2.75, 3.05) is 23.4 Å². The maximum atomic E-state index is 12.6. The van der Waals surface area contributed by atoms with E-state index in [1.165, 1.54) is 10.5 Å². The van der Waals surface area contributed by atoms with Gasteiger partial charge in [-0.2, -0.15) is 0 Å². The van der Waals surface area contributed by atoms with Crippen molar-refractivity contribution >= 4 is 29.2 Å². The predicted molar refractivity (Wildman–Crippen MR) is 112 cm³/mol. The highest BCUT2D eigenvalue weighted by Crippen LogP contribution is 2.27. The molecule has 1 saturated heterocycles. The molecule has 0 N–H and O–H groups in total. The van der Waals surface area contributed by atoms with Crippen LogP contribution in [0.15, 0.2) is 54.6 Å². The number of hydrogen-bond donors (Lipinski definition) is 0. The molecule has 152 valence electrons. The zero-order chi connectivity index (χ0) is 21.0. The second-order valence-corrected chi connectivity index (χ2v) is 7.24. The summed E-state index contributed by atoms with van der Waals surface area (Å²) in [5.74, 6) is -1.53. The monoisotopic (exact) mass is 394 g/mol. The molecule has 1 fully saturated rings. The SMILES string of the molecule is CCc1ccc(N2CC(C(=O)OC(C)C(=O)N(C)c3ccccc3)CC2=O)cc1. The highest BCUT2D eigenvalue weighted by atomic mass is 16.5. The molecule has 0 aromatic heterocycles. The third kappa shape index (κ3) is 4.65. The Morgan fingerprint density at radius 3 is 2.41 bits per heavy atom. The third-order valence-electron chi connectivity index (χ3n) is 5.23. The summed E-state index contributed by atoms with van der Waals surface area (Å²) in [6.07, 6.45) is 0.0803. The molecule has 0 saturated carbocycles. The van der Waals surface area contributed by atoms with Gasteiger partial charge >= 0.3 is 5.97 Å². The fourth-order valence-electron chi connectivity index (χ4n) is 3.40. The van der Waals surface area contributed by atoms with Crippen LogP contribution >= 0.6 is 0 Å². The van der Waals surface area contributed by atoms with E-state index in [0.29, 0.717) is 0 Å². The minimum atomic E-state index is -0.930. The first kappa shape index (κ1) is 20.6. The maximum Gasteiger partial charge on any atom is 0.312 e. The lowest BCUT2D eigenvalue weighted by atomic mass is 10.1. The molecule has 2 atom stereocenters. The summed E-state index contributed by atoms with van der Waals surface area (Å²) < 4.78 is 5.40. The second kappa shape index (κ2) is 8.90. The van der Waals surface area contributed by atoms with Crippen LogP contribution in [0, 0.1) is 5.92 Å². The molecule has 2 aromatic carbocycles. The summed E-state index contributed by atoms with van der Waals surface area (Å²) in [7, 11) is 1.64. The van der Waals surface area contributed by atoms with Crippen molar-refractivity contribution in [1.82, 2.24) is 0 Å². The Hall–Kier alpha value is -3.15. The molecule has 29 heavy (non-hydrogen) atoms. The van der Waals surface area contributed by atoms with E-state index in [1.54, 1.807) is 18.9 Å². The number of carbonyl (C=O) groups is 3. The molecule has 1 aliphatic heterocycles. The van der Waals surface area contributed by atoms with Gasteiger partial charge in [-0.05, 0) is 43.2 Å². The molecule has 3 rings (SSSR count). The predicted octanol–water partition coefficient (Wildman–Crippen LogP) is 3.20. The maximum absolute atomic E-state index is 12.6. The van der Waals surface area contributed by atoms with E-state index in [2.05, 4.69) is 6.92 Å². The number of benzene rings is 2. The van der Waals surface area contributed by atoms with Gasteiger partial charge in [-0.1, -0.05) is 37.3 Å². The van der Waals surface area contributed by atoms with Gasteiger partial charge < -0.3 is 14.5 Å². The van der Waals surface area contributed by atoms with Crippen LogP contribution in [0.4, 0.5) is 11.4 Å². The van der Waals surface area contributed by atoms with Gasteiger partial charge in [-0.3, -0.25) is 14.4 Å². The Labute approximate surface area is 171 Å². The van der Waals surface area contributed by atoms with Crippen molar-refractivity contribution in [3.05, 3.63) is 60.2 Å². The Bertz CT molecular complexity index is 880. The van der Waals surface area contributed by atoms with E-state index in [-0.39, 0.29) is 24.8 Å². The number of amides is 2. The lowest BCUT2D eigenvalue weighted by Crippen LogP contribution is -2.38. The van der Waals surface area contributed by atoms with Crippen LogP contribution in [0.25, 0.3) is 0 Å². The summed E-state index contributed by atoms with van der Waals surface area (Å²) in [5.41, 5.74) is 2.68. The number of anilines is 2. The van der Waals surface area contributed by atoms with Gasteiger partial charge in [0.1, 0.15) is 0 Å². The van der Waals surface area contributed by atoms with E-state index >= 15 is 0 Å². The number of aryl methyl sites for hydroxylation is 1. The number of nitrogens with zero attached hydrogens (tertiary/aromatic N) is 2. The first-order valence-electron chi connectivity index (χ1n) is 9.83. The molecule has 0 aliphatic carbocycles. The number of rotatable bonds is 6. The molecule has 6 heteroatoms. The highest BCUT2D eigenvalue weighted by Gasteiger charge is 2.37. The number of carbonyl (C=O) groups excluding carboxylic acids is 3. The van der Waals surface area contributed by atoms with E-state index < -0.39 is 18.0 Å². The Balaban J connectivity index is 1.60. The van der Waals surface area contributed by atoms with E-state index in [0.717, 1.165) is 17.8 Å². The third-order valence-corrected chi connectivity index (χ3v) is 5.23. The molecule has 6 nitrogen and oxygen atoms in total. The van der Waals surface area contributed by atoms with Crippen LogP contribution < -0.4 is 9.80 Å². The van der Waals surface area contributed by atoms with Crippen LogP contribution in [0.1, 0.15) is 25.8 Å². The van der Waals surface area contributed by atoms with Crippen LogP contribution in [-0.4, -0.2) is 37.5 Å². The van der Waals surface area contributed by atoms with Gasteiger partial charge in [-0.15, -0.1) is 0 Å². The highest BCUT2D eigenvalue weighted by molar-refractivity contribution is 6.00. The van der Waals surface area contributed by atoms with Crippen molar-refractivity contribution in [3.8, 4) is 0 Å². The van der Waals surface area contributed by atoms with E-state index in [9.17, 15) is 14.4 Å². The normalized spacial score (nSPS) is 17.1. The topological polar surface area (TPSA) is 66.9 Å². The van der Waals surface area contributed by atoms with Gasteiger partial charge in [0.15, 0.2) is 6.10 Å². The molecule has 2 unspecified atom stereocenters. The number of ether oxygens (including phenoxy) is 1. The fourth-order valence-corrected chi connectivity index (χ4v) is 3.40. The molecular formula is C23H26N2O4. The molecular weight excluding hydrogens is 368 g/mol. The van der Waals surface area contributed by atoms with Gasteiger partial charge in [0.25, 0.3) is 5.91 Å². The number of esters is 1. The van der Waals surface area contributed by atoms with E-state index in [4.69, 9.17) is 4.74 Å². The molecule has 1 aliphatic rings. The first-order chi connectivity index (χ1) is 13.9. The largest absolute Gasteiger partial charge is 0.452 e. The summed E-state index contributed by atoms with van der Waals surface area (Å²) in [5, 5.41) is 0. The first-order valence-corrected chi connectivity index (χ1v) is 9.83. The van der Waals surface area contributed by atoms with Gasteiger partial charge in [0.2, 0.25) is 5.91 Å². The summed E-state index contributed by atoms with van der Waals surface area (Å²) in [6.45, 7) is 3.88. The van der Waals surface area contributed by atoms with Crippen molar-refractivity contribution in [2.24, 2.45) is 5.92 Å². The fraction of sp³-hybridized carbons (Fsp3) is 0.348. The summed E-state index contributed by atoms with van der Waals surface area (Å²) >= 11 is 0. The van der Waals surface area contributed by atoms with Crippen molar-refractivity contribution in [1.29, 1.82) is 0 Å². The second-order valence-electron chi connectivity index (χ2n) is 7.24. The summed E-state index contributed by atoms with van der Waals surface area (Å²) in [4.78, 5) is 40.6. The van der Waals surface area contributed by atoms with Crippen molar-refractivity contribution in [2.45, 2.75) is 32.8 Å². The van der Waals surface area contributed by atoms with E-state index in [1.807, 2.05) is 54.6 Å². The van der Waals surface area contributed by atoms with Gasteiger partial charge in [-0.25, -0.2) is 0 Å². The molecule has 0 spiro atoms. The minimum Gasteiger partial charge on any atom is -0.452 e. The Morgan fingerprint density at radius 2 is 1.79 bits per heavy atom. The minimum absolute atomic E-state index is 0.0871. The average Bonchev–Trinajstić information content (AvgIpc) is 3.15. The molecule has 1 heterocycles. The van der Waals surface area contributed by atoms with Crippen molar-refractivity contribution in [3.63, 3.8) is 0 Å². The summed E-state index contributed by atoms with van der Waals surface area (Å²) in [6, 6.07) is 16.9. The van der Waals surface area contributed by atoms with Gasteiger partial charge in [0, 0.05) is 31.4 Å². The quantitative estimate of drug-likeness (QED) is 0.706. The van der Waals surface area contributed by atoms with Crippen LogP contribution in [0.5, 0.6) is 0 Å². The number of para-hydroxylation sites is 1. The van der Waals surface area contributed by atoms with Gasteiger partial charge in [0.05, 0.1) is 5.92 Å². The standard InChI is InChI=1S/C23H26N2O4/c1-4-17-10-12-20(13-11-17)25-15-18(14-21(25)26)23(28)29-16(2)22(27)24(3)19-8-6-5-7-9-19/h5-13,16,18H,4,14-15H2,1-3H3. The smallest absolute Gasteiger partial charge is 0.312 e. The Kier molecular flexibility index (Phi) is 6.32. The van der Waals surface area contributed by atoms with Crippen LogP contribution in [0.2, 0.25) is 0 Å². The van der Waals surface area contributed by atoms with Crippen LogP contribution in [-0.2, 0) is 25.5 Å². The average molecular weight is 394 g/mol. The lowest BCUT2D eigenvalue weighted by molar-refractivity contribution is -0.157. The molecule has 0 bridgehead atoms. The molecule has 2 aromatic rings. The molecule has 2 amide bonds. The zero-order valence-electron chi connectivity index (χ0n) is 17.0. The van der Waals surface area contributed by atoms with Crippen molar-refractivity contribution < 1.29 is 19.1 Å². The molecule has 0 radical (unpaired) electrons. The number of likely N-dealkylation sites (N-methyl/N-ethyl adjacent to an activating group) is 1. The zero-order valence-corrected chi connectivity index (χ0v) is 17.0. The van der Waals surface area contributed by atoms with Crippen LogP contribution in [0.3, 0.4) is 0 Å².